The van der Waals surface area contributed by atoms with Gasteiger partial charge in [0, 0.05) is 32.5 Å². The van der Waals surface area contributed by atoms with E-state index in [9.17, 15) is 36.6 Å². The van der Waals surface area contributed by atoms with E-state index in [0.29, 0.717) is 24.5 Å². The fraction of sp³-hybridized carbons (Fsp3) is 0.348. The number of hydrogen-bond donors (Lipinski definition) is 2. The number of carbonyl (C=O) groups excluding carboxylic acids is 1. The van der Waals surface area contributed by atoms with E-state index < -0.39 is 40.6 Å². The molecule has 14 heteroatoms. The number of carboxylic acid groups (broad SMARTS) is 1. The number of aryl methyl sites for hydroxylation is 1. The SMILES string of the molecule is CN(C)C(=O)CCc1ccc(C2CC2(C(=O)O)N(c2ccc(-c3cc(C(F)(F)F)on3)s2)S(=O)O)cc1. The van der Waals surface area contributed by atoms with Gasteiger partial charge in [-0.1, -0.05) is 29.4 Å². The Morgan fingerprint density at radius 1 is 1.22 bits per heavy atom. The summed E-state index contributed by atoms with van der Waals surface area (Å²) in [7, 11) is 3.34. The smallest absolute Gasteiger partial charge is 0.452 e. The molecular weight excluding hydrogens is 535 g/mol. The minimum absolute atomic E-state index is 0.0206. The first-order valence-electron chi connectivity index (χ1n) is 10.9. The van der Waals surface area contributed by atoms with E-state index >= 15 is 0 Å². The van der Waals surface area contributed by atoms with Gasteiger partial charge >= 0.3 is 12.1 Å². The summed E-state index contributed by atoms with van der Waals surface area (Å²) in [4.78, 5) is 25.9. The Labute approximate surface area is 215 Å². The molecule has 37 heavy (non-hydrogen) atoms. The number of benzene rings is 1. The van der Waals surface area contributed by atoms with Gasteiger partial charge in [-0.05, 0) is 36.1 Å². The molecule has 2 N–H and O–H groups in total. The first-order chi connectivity index (χ1) is 17.3. The van der Waals surface area contributed by atoms with Crippen molar-refractivity contribution >= 4 is 39.5 Å². The summed E-state index contributed by atoms with van der Waals surface area (Å²) in [5.74, 6) is -3.24. The van der Waals surface area contributed by atoms with E-state index in [2.05, 4.69) is 9.68 Å². The molecule has 2 aromatic heterocycles. The van der Waals surface area contributed by atoms with Crippen LogP contribution in [-0.4, -0.2) is 55.4 Å². The van der Waals surface area contributed by atoms with E-state index in [1.165, 1.54) is 17.0 Å². The van der Waals surface area contributed by atoms with Crippen LogP contribution in [0.2, 0.25) is 0 Å². The molecule has 0 spiro atoms. The zero-order chi connectivity index (χ0) is 27.1. The Bertz CT molecular complexity index is 1340. The van der Waals surface area contributed by atoms with Crippen LogP contribution < -0.4 is 4.31 Å². The number of nitrogens with zero attached hydrogens (tertiary/aromatic N) is 3. The molecule has 0 saturated heterocycles. The van der Waals surface area contributed by atoms with Gasteiger partial charge in [0.1, 0.15) is 10.7 Å². The number of carboxylic acids is 1. The first kappa shape index (κ1) is 26.8. The molecule has 0 aliphatic heterocycles. The fourth-order valence-corrected chi connectivity index (χ4v) is 6.12. The van der Waals surface area contributed by atoms with Crippen LogP contribution in [-0.2, 0) is 33.5 Å². The average molecular weight is 558 g/mol. The van der Waals surface area contributed by atoms with Crippen LogP contribution in [0.1, 0.15) is 35.6 Å². The van der Waals surface area contributed by atoms with Crippen LogP contribution in [0.3, 0.4) is 0 Å². The summed E-state index contributed by atoms with van der Waals surface area (Å²) in [6.45, 7) is 0. The quantitative estimate of drug-likeness (QED) is 0.374. The third-order valence-corrected chi connectivity index (χ3v) is 8.21. The van der Waals surface area contributed by atoms with Crippen molar-refractivity contribution in [2.24, 2.45) is 0 Å². The number of aromatic nitrogens is 1. The van der Waals surface area contributed by atoms with Crippen molar-refractivity contribution < 1.29 is 41.2 Å². The molecule has 1 saturated carbocycles. The summed E-state index contributed by atoms with van der Waals surface area (Å²) in [6.07, 6.45) is -3.85. The minimum atomic E-state index is -4.73. The van der Waals surface area contributed by atoms with E-state index in [1.807, 2.05) is 0 Å². The second-order valence-electron chi connectivity index (χ2n) is 8.75. The predicted molar refractivity (Wildman–Crippen MR) is 129 cm³/mol. The van der Waals surface area contributed by atoms with Gasteiger partial charge in [0.25, 0.3) is 11.3 Å². The molecule has 1 aromatic carbocycles. The van der Waals surface area contributed by atoms with E-state index in [1.54, 1.807) is 38.4 Å². The highest BCUT2D eigenvalue weighted by Crippen LogP contribution is 2.58. The van der Waals surface area contributed by atoms with Gasteiger partial charge in [-0.15, -0.1) is 11.3 Å². The Hall–Kier alpha value is -3.23. The number of carbonyl (C=O) groups is 2. The molecule has 198 valence electrons. The van der Waals surface area contributed by atoms with Crippen molar-refractivity contribution in [3.8, 4) is 10.6 Å². The van der Waals surface area contributed by atoms with Crippen LogP contribution in [0, 0.1) is 0 Å². The van der Waals surface area contributed by atoms with Gasteiger partial charge < -0.3 is 14.5 Å². The molecular formula is C23H22F3N3O6S2. The van der Waals surface area contributed by atoms with Crippen molar-refractivity contribution in [3.05, 3.63) is 59.4 Å². The van der Waals surface area contributed by atoms with Crippen LogP contribution >= 0.6 is 11.3 Å². The lowest BCUT2D eigenvalue weighted by Crippen LogP contribution is -2.45. The van der Waals surface area contributed by atoms with Crippen molar-refractivity contribution in [2.75, 3.05) is 18.4 Å². The maximum atomic E-state index is 12.9. The molecule has 1 fully saturated rings. The summed E-state index contributed by atoms with van der Waals surface area (Å²) in [5.41, 5.74) is -0.335. The van der Waals surface area contributed by atoms with Crippen LogP contribution in [0.15, 0.2) is 47.0 Å². The lowest BCUT2D eigenvalue weighted by molar-refractivity contribution is -0.155. The normalized spacial score (nSPS) is 19.9. The molecule has 0 bridgehead atoms. The predicted octanol–water partition coefficient (Wildman–Crippen LogP) is 4.40. The second kappa shape index (κ2) is 9.91. The highest BCUT2D eigenvalue weighted by atomic mass is 32.2. The van der Waals surface area contributed by atoms with Crippen molar-refractivity contribution in [1.29, 1.82) is 0 Å². The Morgan fingerprint density at radius 3 is 2.43 bits per heavy atom. The lowest BCUT2D eigenvalue weighted by atomic mass is 10.0. The van der Waals surface area contributed by atoms with Crippen molar-refractivity contribution in [1.82, 2.24) is 10.1 Å². The molecule has 0 radical (unpaired) electrons. The molecule has 9 nitrogen and oxygen atoms in total. The molecule has 1 aliphatic rings. The number of hydrogen-bond acceptors (Lipinski definition) is 6. The van der Waals surface area contributed by atoms with E-state index in [4.69, 9.17) is 0 Å². The largest absolute Gasteiger partial charge is 0.479 e. The molecule has 2 heterocycles. The molecule has 1 aliphatic carbocycles. The van der Waals surface area contributed by atoms with Gasteiger partial charge in [0.15, 0.2) is 5.54 Å². The lowest BCUT2D eigenvalue weighted by Gasteiger charge is -2.26. The number of amides is 1. The number of alkyl halides is 3. The number of rotatable bonds is 9. The Balaban J connectivity index is 1.58. The van der Waals surface area contributed by atoms with Crippen molar-refractivity contribution in [3.63, 3.8) is 0 Å². The molecule has 4 rings (SSSR count). The van der Waals surface area contributed by atoms with Gasteiger partial charge in [-0.3, -0.25) is 9.35 Å². The molecule has 3 unspecified atom stereocenters. The zero-order valence-corrected chi connectivity index (χ0v) is 21.2. The number of anilines is 1. The maximum absolute atomic E-state index is 12.9. The summed E-state index contributed by atoms with van der Waals surface area (Å²) in [5, 5.41) is 13.6. The Morgan fingerprint density at radius 2 is 1.89 bits per heavy atom. The van der Waals surface area contributed by atoms with E-state index in [0.717, 1.165) is 21.2 Å². The second-order valence-corrected chi connectivity index (χ2v) is 10.6. The highest BCUT2D eigenvalue weighted by molar-refractivity contribution is 7.81. The summed E-state index contributed by atoms with van der Waals surface area (Å²) in [6, 6.07) is 10.5. The highest BCUT2D eigenvalue weighted by Gasteiger charge is 2.67. The van der Waals surface area contributed by atoms with Gasteiger partial charge in [-0.2, -0.15) is 13.2 Å². The van der Waals surface area contributed by atoms with Gasteiger partial charge in [0.2, 0.25) is 11.7 Å². The van der Waals surface area contributed by atoms with Crippen molar-refractivity contribution in [2.45, 2.75) is 36.9 Å². The standard InChI is InChI=1S/C23H22F3N3O6S2/c1-28(2)19(30)9-5-13-3-6-14(7-4-13)15-12-22(15,21(31)32)29(37(33)34)20-10-8-17(36-20)16-11-18(35-27-16)23(24,25)26/h3-4,6-8,10-11,15H,5,9,12H2,1-2H3,(H,31,32)(H,33,34). The third kappa shape index (κ3) is 5.26. The first-order valence-corrected chi connectivity index (χ1v) is 12.8. The van der Waals surface area contributed by atoms with Gasteiger partial charge in [-0.25, -0.2) is 13.3 Å². The van der Waals surface area contributed by atoms with E-state index in [-0.39, 0.29) is 27.9 Å². The number of halogens is 3. The molecule has 3 atom stereocenters. The third-order valence-electron chi connectivity index (χ3n) is 6.16. The maximum Gasteiger partial charge on any atom is 0.452 e. The number of aliphatic carboxylic acids is 1. The zero-order valence-electron chi connectivity index (χ0n) is 19.6. The fourth-order valence-electron chi connectivity index (χ4n) is 4.10. The minimum Gasteiger partial charge on any atom is -0.479 e. The summed E-state index contributed by atoms with van der Waals surface area (Å²) >= 11 is -1.92. The van der Waals surface area contributed by atoms with Crippen LogP contribution in [0.4, 0.5) is 18.2 Å². The summed E-state index contributed by atoms with van der Waals surface area (Å²) < 4.78 is 66.2. The monoisotopic (exact) mass is 557 g/mol. The van der Waals surface area contributed by atoms with Crippen LogP contribution in [0.5, 0.6) is 0 Å². The number of thiophene rings is 1. The van der Waals surface area contributed by atoms with Crippen LogP contribution in [0.25, 0.3) is 10.6 Å². The van der Waals surface area contributed by atoms with Gasteiger partial charge in [0.05, 0.1) is 4.88 Å². The molecule has 1 amide bonds. The Kier molecular flexibility index (Phi) is 7.18. The topological polar surface area (TPSA) is 124 Å². The average Bonchev–Trinajstić information content (AvgIpc) is 3.15. The molecule has 3 aromatic rings.